The maximum atomic E-state index is 11.6. The van der Waals surface area contributed by atoms with Gasteiger partial charge in [0.25, 0.3) is 0 Å². The standard InChI is InChI=1S/C19H19N3O5S2/c1-25-13-4-2-11(3-5-13)10-28-16-15(20-29-21-16)14-9-22-8-12(14)6-7-19(22)26-17(23)18(24)27-19/h2-5,12,14H,6-10H2,1H3. The fraction of sp³-hybridized carbons (Fsp3) is 0.474. The van der Waals surface area contributed by atoms with Crippen molar-refractivity contribution in [2.24, 2.45) is 5.92 Å². The number of fused-ring (bicyclic) bond motifs is 3. The number of hydrogen-bond donors (Lipinski definition) is 0. The number of rotatable bonds is 5. The van der Waals surface area contributed by atoms with Crippen LogP contribution in [0.5, 0.6) is 5.75 Å². The highest BCUT2D eigenvalue weighted by Gasteiger charge is 2.59. The fourth-order valence-corrected chi connectivity index (χ4v) is 6.02. The average Bonchev–Trinajstić information content (AvgIpc) is 3.41. The molecule has 3 fully saturated rings. The molecule has 0 aliphatic carbocycles. The minimum atomic E-state index is -1.22. The van der Waals surface area contributed by atoms with Crippen LogP contribution in [0.1, 0.15) is 30.0 Å². The third-order valence-corrected chi connectivity index (χ3v) is 7.50. The lowest BCUT2D eigenvalue weighted by atomic mass is 9.88. The van der Waals surface area contributed by atoms with E-state index in [1.54, 1.807) is 18.9 Å². The van der Waals surface area contributed by atoms with Crippen LogP contribution in [0, 0.1) is 5.92 Å². The molecular formula is C19H19N3O5S2. The molecule has 5 rings (SSSR count). The molecule has 0 N–H and O–H groups in total. The normalized spacial score (nSPS) is 27.1. The van der Waals surface area contributed by atoms with Gasteiger partial charge in [-0.15, -0.1) is 0 Å². The lowest BCUT2D eigenvalue weighted by molar-refractivity contribution is -0.257. The van der Waals surface area contributed by atoms with Crippen molar-refractivity contribution in [3.8, 4) is 5.75 Å². The topological polar surface area (TPSA) is 90.9 Å². The first-order valence-corrected chi connectivity index (χ1v) is 11.1. The van der Waals surface area contributed by atoms with E-state index in [0.717, 1.165) is 28.6 Å². The first-order valence-electron chi connectivity index (χ1n) is 9.37. The zero-order valence-electron chi connectivity index (χ0n) is 15.7. The van der Waals surface area contributed by atoms with Crippen LogP contribution in [0.4, 0.5) is 0 Å². The number of hydrogen-bond acceptors (Lipinski definition) is 10. The van der Waals surface area contributed by atoms with Gasteiger partial charge >= 0.3 is 17.8 Å². The van der Waals surface area contributed by atoms with Crippen LogP contribution in [0.25, 0.3) is 0 Å². The SMILES string of the molecule is COc1ccc(CSc2nsnc2C2CN3CC2CCC32OC(=O)C(=O)O2)cc1. The van der Waals surface area contributed by atoms with Crippen LogP contribution in [-0.4, -0.2) is 51.7 Å². The summed E-state index contributed by atoms with van der Waals surface area (Å²) >= 11 is 2.90. The lowest BCUT2D eigenvalue weighted by Crippen LogP contribution is -2.51. The molecule has 0 amide bonds. The Morgan fingerprint density at radius 2 is 1.97 bits per heavy atom. The molecule has 152 valence electrons. The average molecular weight is 434 g/mol. The maximum Gasteiger partial charge on any atom is 0.421 e. The largest absolute Gasteiger partial charge is 0.497 e. The molecule has 2 aromatic rings. The van der Waals surface area contributed by atoms with E-state index >= 15 is 0 Å². The van der Waals surface area contributed by atoms with Crippen LogP contribution >= 0.6 is 23.5 Å². The van der Waals surface area contributed by atoms with Gasteiger partial charge in [-0.3, -0.25) is 0 Å². The molecule has 1 aromatic carbocycles. The number of carbonyl (C=O) groups excluding carboxylic acids is 2. The molecule has 29 heavy (non-hydrogen) atoms. The molecule has 0 saturated carbocycles. The van der Waals surface area contributed by atoms with E-state index in [2.05, 4.69) is 8.75 Å². The number of benzene rings is 1. The monoisotopic (exact) mass is 433 g/mol. The summed E-state index contributed by atoms with van der Waals surface area (Å²) < 4.78 is 24.9. The smallest absolute Gasteiger partial charge is 0.421 e. The van der Waals surface area contributed by atoms with Crippen molar-refractivity contribution in [3.63, 3.8) is 0 Å². The molecule has 1 spiro atoms. The Morgan fingerprint density at radius 1 is 1.21 bits per heavy atom. The van der Waals surface area contributed by atoms with Gasteiger partial charge in [-0.2, -0.15) is 8.75 Å². The summed E-state index contributed by atoms with van der Waals surface area (Å²) in [5.74, 6) is -0.838. The Kier molecular flexibility index (Phi) is 4.72. The van der Waals surface area contributed by atoms with Crippen molar-refractivity contribution in [1.82, 2.24) is 13.6 Å². The first kappa shape index (κ1) is 18.8. The van der Waals surface area contributed by atoms with E-state index in [0.29, 0.717) is 25.4 Å². The van der Waals surface area contributed by atoms with E-state index in [-0.39, 0.29) is 5.92 Å². The zero-order valence-corrected chi connectivity index (χ0v) is 17.3. The minimum Gasteiger partial charge on any atom is -0.497 e. The van der Waals surface area contributed by atoms with Crippen LogP contribution in [0.15, 0.2) is 29.3 Å². The van der Waals surface area contributed by atoms with Gasteiger partial charge in [0.1, 0.15) is 10.8 Å². The van der Waals surface area contributed by atoms with Crippen molar-refractivity contribution < 1.29 is 23.8 Å². The summed E-state index contributed by atoms with van der Waals surface area (Å²) in [6.07, 6.45) is 1.30. The summed E-state index contributed by atoms with van der Waals surface area (Å²) in [6.45, 7) is 1.35. The second-order valence-corrected chi connectivity index (χ2v) is 8.89. The molecule has 4 heterocycles. The van der Waals surface area contributed by atoms with E-state index < -0.39 is 17.8 Å². The molecular weight excluding hydrogens is 414 g/mol. The lowest BCUT2D eigenvalue weighted by Gasteiger charge is -2.37. The third-order valence-electron chi connectivity index (χ3n) is 5.79. The van der Waals surface area contributed by atoms with Gasteiger partial charge in [-0.25, -0.2) is 14.5 Å². The van der Waals surface area contributed by atoms with Gasteiger partial charge in [0.2, 0.25) is 0 Å². The Hall–Kier alpha value is -2.17. The molecule has 2 bridgehead atoms. The number of esters is 2. The Balaban J connectivity index is 1.30. The van der Waals surface area contributed by atoms with E-state index in [1.165, 1.54) is 17.3 Å². The molecule has 8 nitrogen and oxygen atoms in total. The third kappa shape index (κ3) is 3.28. The van der Waals surface area contributed by atoms with Crippen LogP contribution in [-0.2, 0) is 24.8 Å². The molecule has 3 atom stereocenters. The van der Waals surface area contributed by atoms with Crippen molar-refractivity contribution >= 4 is 35.4 Å². The first-order chi connectivity index (χ1) is 14.1. The molecule has 3 unspecified atom stereocenters. The Labute approximate surface area is 175 Å². The number of carbonyl (C=O) groups is 2. The summed E-state index contributed by atoms with van der Waals surface area (Å²) in [6, 6.07) is 8.00. The zero-order chi connectivity index (χ0) is 20.0. The molecule has 3 aliphatic heterocycles. The summed E-state index contributed by atoms with van der Waals surface area (Å²) in [4.78, 5) is 25.1. The highest BCUT2D eigenvalue weighted by molar-refractivity contribution is 7.98. The van der Waals surface area contributed by atoms with Crippen LogP contribution < -0.4 is 4.74 Å². The minimum absolute atomic E-state index is 0.185. The summed E-state index contributed by atoms with van der Waals surface area (Å²) in [7, 11) is 1.66. The summed E-state index contributed by atoms with van der Waals surface area (Å²) in [5, 5.41) is 0.944. The van der Waals surface area contributed by atoms with E-state index in [4.69, 9.17) is 14.2 Å². The Bertz CT molecular complexity index is 932. The fourth-order valence-electron chi connectivity index (χ4n) is 4.29. The quantitative estimate of drug-likeness (QED) is 0.400. The molecule has 3 aliphatic rings. The van der Waals surface area contributed by atoms with Crippen molar-refractivity contribution in [1.29, 1.82) is 0 Å². The number of methoxy groups -OCH3 is 1. The Morgan fingerprint density at radius 3 is 2.69 bits per heavy atom. The van der Waals surface area contributed by atoms with Gasteiger partial charge in [-0.05, 0) is 30.0 Å². The van der Waals surface area contributed by atoms with Crippen LogP contribution in [0.3, 0.4) is 0 Å². The number of thioether (sulfide) groups is 1. The second kappa shape index (κ2) is 7.26. The van der Waals surface area contributed by atoms with E-state index in [9.17, 15) is 9.59 Å². The van der Waals surface area contributed by atoms with Gasteiger partial charge in [0.15, 0.2) is 0 Å². The number of aromatic nitrogens is 2. The van der Waals surface area contributed by atoms with Crippen molar-refractivity contribution in [3.05, 3.63) is 35.5 Å². The van der Waals surface area contributed by atoms with Crippen molar-refractivity contribution in [2.75, 3.05) is 20.2 Å². The number of ether oxygens (including phenoxy) is 3. The van der Waals surface area contributed by atoms with E-state index in [1.807, 2.05) is 29.2 Å². The predicted octanol–water partition coefficient (Wildman–Crippen LogP) is 2.40. The number of nitrogens with zero attached hydrogens (tertiary/aromatic N) is 3. The summed E-state index contributed by atoms with van der Waals surface area (Å²) in [5.41, 5.74) is 2.18. The molecule has 10 heteroatoms. The van der Waals surface area contributed by atoms with Gasteiger partial charge in [0, 0.05) is 31.2 Å². The highest BCUT2D eigenvalue weighted by atomic mass is 32.2. The van der Waals surface area contributed by atoms with Gasteiger partial charge in [-0.1, -0.05) is 23.9 Å². The predicted molar refractivity (Wildman–Crippen MR) is 104 cm³/mol. The molecule has 1 aromatic heterocycles. The second-order valence-electron chi connectivity index (χ2n) is 7.39. The molecule has 0 radical (unpaired) electrons. The maximum absolute atomic E-state index is 11.6. The van der Waals surface area contributed by atoms with Gasteiger partial charge < -0.3 is 14.2 Å². The molecule has 3 saturated heterocycles. The van der Waals surface area contributed by atoms with Gasteiger partial charge in [0.05, 0.1) is 24.5 Å². The van der Waals surface area contributed by atoms with Crippen LogP contribution in [0.2, 0.25) is 0 Å². The number of piperidine rings is 1. The van der Waals surface area contributed by atoms with Crippen molar-refractivity contribution in [2.45, 2.75) is 35.4 Å². The highest BCUT2D eigenvalue weighted by Crippen LogP contribution is 2.48.